The predicted molar refractivity (Wildman–Crippen MR) is 116 cm³/mol. The molecular formula is C23H33N5O2. The molecule has 4 heterocycles. The molecule has 4 rings (SSSR count). The first kappa shape index (κ1) is 21.0. The van der Waals surface area contributed by atoms with E-state index in [1.165, 1.54) is 12.8 Å². The van der Waals surface area contributed by atoms with Crippen molar-refractivity contribution in [3.8, 4) is 0 Å². The number of aryl methyl sites for hydroxylation is 1. The monoisotopic (exact) mass is 411 g/mol. The molecule has 1 N–H and O–H groups in total. The summed E-state index contributed by atoms with van der Waals surface area (Å²) in [6, 6.07) is 3.70. The highest BCUT2D eigenvalue weighted by molar-refractivity contribution is 5.94. The quantitative estimate of drug-likeness (QED) is 0.789. The van der Waals surface area contributed by atoms with E-state index in [0.29, 0.717) is 6.54 Å². The molecule has 0 saturated carbocycles. The number of likely N-dealkylation sites (tertiary alicyclic amines) is 1. The van der Waals surface area contributed by atoms with E-state index >= 15 is 0 Å². The van der Waals surface area contributed by atoms with Gasteiger partial charge in [-0.05, 0) is 37.8 Å². The highest BCUT2D eigenvalue weighted by Crippen LogP contribution is 2.40. The van der Waals surface area contributed by atoms with Crippen molar-refractivity contribution in [1.29, 1.82) is 0 Å². The lowest BCUT2D eigenvalue weighted by atomic mass is 9.87. The summed E-state index contributed by atoms with van der Waals surface area (Å²) in [7, 11) is 0. The summed E-state index contributed by atoms with van der Waals surface area (Å²) in [6.45, 7) is 10.0. The first-order chi connectivity index (χ1) is 14.5. The van der Waals surface area contributed by atoms with Crippen LogP contribution in [0.15, 0.2) is 30.7 Å². The third-order valence-corrected chi connectivity index (χ3v) is 6.75. The van der Waals surface area contributed by atoms with Crippen molar-refractivity contribution >= 4 is 11.6 Å². The molecule has 2 aromatic rings. The minimum atomic E-state index is -0.545. The molecule has 1 atom stereocenters. The minimum absolute atomic E-state index is 0.121. The molecule has 0 unspecified atom stereocenters. The average Bonchev–Trinajstić information content (AvgIpc) is 3.25. The molecule has 0 aliphatic carbocycles. The van der Waals surface area contributed by atoms with Gasteiger partial charge in [-0.1, -0.05) is 26.7 Å². The van der Waals surface area contributed by atoms with Crippen molar-refractivity contribution in [1.82, 2.24) is 19.4 Å². The van der Waals surface area contributed by atoms with Gasteiger partial charge in [0, 0.05) is 38.2 Å². The number of imidazole rings is 1. The molecule has 1 fully saturated rings. The van der Waals surface area contributed by atoms with Gasteiger partial charge in [0.2, 0.25) is 0 Å². The van der Waals surface area contributed by atoms with Gasteiger partial charge in [-0.15, -0.1) is 0 Å². The molecule has 0 bridgehead atoms. The number of piperidine rings is 1. The highest BCUT2D eigenvalue weighted by atomic mass is 16.5. The molecule has 7 nitrogen and oxygen atoms in total. The number of aromatic nitrogens is 3. The summed E-state index contributed by atoms with van der Waals surface area (Å²) in [5, 5.41) is 3.00. The zero-order chi connectivity index (χ0) is 21.1. The number of fused-ring (bicyclic) bond motifs is 2. The van der Waals surface area contributed by atoms with Crippen LogP contribution < -0.4 is 5.32 Å². The Morgan fingerprint density at radius 3 is 2.73 bits per heavy atom. The normalized spacial score (nSPS) is 21.0. The number of nitrogens with zero attached hydrogens (tertiary/aromatic N) is 4. The van der Waals surface area contributed by atoms with Gasteiger partial charge in [0.25, 0.3) is 5.91 Å². The molecule has 2 aliphatic rings. The Morgan fingerprint density at radius 2 is 2.03 bits per heavy atom. The fourth-order valence-electron chi connectivity index (χ4n) is 4.71. The van der Waals surface area contributed by atoms with E-state index < -0.39 is 11.7 Å². The summed E-state index contributed by atoms with van der Waals surface area (Å²) < 4.78 is 8.63. The van der Waals surface area contributed by atoms with Gasteiger partial charge in [0.05, 0.1) is 17.9 Å². The van der Waals surface area contributed by atoms with Crippen molar-refractivity contribution in [2.45, 2.75) is 64.7 Å². The van der Waals surface area contributed by atoms with Gasteiger partial charge in [-0.2, -0.15) is 0 Å². The standard InChI is InChI=1S/C23H33N5O2/c1-4-18(5-2)15-27-12-8-23(9-13-27)22-25-11-14-28(22)16-20(30-23)21(29)26-19-7-6-10-24-17(19)3/h6-7,10-11,14,18,20H,4-5,8-9,12-13,15-16H2,1-3H3,(H,26,29)/t20-/m0/s1. The Labute approximate surface area is 178 Å². The third-order valence-electron chi connectivity index (χ3n) is 6.75. The molecule has 7 heteroatoms. The van der Waals surface area contributed by atoms with Crippen LogP contribution in [-0.4, -0.2) is 51.1 Å². The van der Waals surface area contributed by atoms with Crippen molar-refractivity contribution in [3.63, 3.8) is 0 Å². The predicted octanol–water partition coefficient (Wildman–Crippen LogP) is 3.35. The van der Waals surface area contributed by atoms with E-state index in [1.54, 1.807) is 6.20 Å². The largest absolute Gasteiger partial charge is 0.352 e. The van der Waals surface area contributed by atoms with Gasteiger partial charge in [-0.3, -0.25) is 9.78 Å². The first-order valence-electron chi connectivity index (χ1n) is 11.2. The summed E-state index contributed by atoms with van der Waals surface area (Å²) in [5.41, 5.74) is 1.05. The maximum absolute atomic E-state index is 13.1. The van der Waals surface area contributed by atoms with Gasteiger partial charge >= 0.3 is 0 Å². The molecule has 1 saturated heterocycles. The van der Waals surface area contributed by atoms with Crippen LogP contribution in [-0.2, 0) is 21.7 Å². The zero-order valence-corrected chi connectivity index (χ0v) is 18.3. The number of carbonyl (C=O) groups excluding carboxylic acids is 1. The number of nitrogens with one attached hydrogen (secondary N) is 1. The second-order valence-electron chi connectivity index (χ2n) is 8.61. The van der Waals surface area contributed by atoms with Crippen LogP contribution in [0.3, 0.4) is 0 Å². The number of ether oxygens (including phenoxy) is 1. The van der Waals surface area contributed by atoms with E-state index in [0.717, 1.165) is 55.6 Å². The van der Waals surface area contributed by atoms with Gasteiger partial charge in [0.1, 0.15) is 11.4 Å². The molecule has 30 heavy (non-hydrogen) atoms. The molecule has 2 aliphatic heterocycles. The fourth-order valence-corrected chi connectivity index (χ4v) is 4.71. The number of amides is 1. The zero-order valence-electron chi connectivity index (χ0n) is 18.3. The lowest BCUT2D eigenvalue weighted by Gasteiger charge is -2.46. The molecule has 162 valence electrons. The van der Waals surface area contributed by atoms with E-state index in [1.807, 2.05) is 31.5 Å². The minimum Gasteiger partial charge on any atom is -0.352 e. The van der Waals surface area contributed by atoms with Crippen LogP contribution in [0.2, 0.25) is 0 Å². The molecule has 0 aromatic carbocycles. The maximum atomic E-state index is 13.1. The third kappa shape index (κ3) is 4.14. The van der Waals surface area contributed by atoms with Gasteiger partial charge < -0.3 is 19.5 Å². The van der Waals surface area contributed by atoms with Crippen LogP contribution in [0.4, 0.5) is 5.69 Å². The van der Waals surface area contributed by atoms with Gasteiger partial charge in [-0.25, -0.2) is 4.98 Å². The molecule has 1 amide bonds. The number of hydrogen-bond acceptors (Lipinski definition) is 5. The SMILES string of the molecule is CCC(CC)CN1CCC2(CC1)O[C@H](C(=O)Nc1cccnc1C)Cn1ccnc12. The Morgan fingerprint density at radius 1 is 1.27 bits per heavy atom. The van der Waals surface area contributed by atoms with E-state index in [4.69, 9.17) is 4.74 Å². The summed E-state index contributed by atoms with van der Waals surface area (Å²) in [6.07, 6.45) is 9.12. The molecule has 1 spiro atoms. The van der Waals surface area contributed by atoms with E-state index in [9.17, 15) is 4.79 Å². The van der Waals surface area contributed by atoms with Crippen molar-refractivity contribution in [3.05, 3.63) is 42.2 Å². The Bertz CT molecular complexity index is 868. The van der Waals surface area contributed by atoms with Crippen molar-refractivity contribution in [2.75, 3.05) is 25.0 Å². The van der Waals surface area contributed by atoms with Gasteiger partial charge in [0.15, 0.2) is 6.10 Å². The van der Waals surface area contributed by atoms with Crippen molar-refractivity contribution in [2.24, 2.45) is 5.92 Å². The van der Waals surface area contributed by atoms with Crippen molar-refractivity contribution < 1.29 is 9.53 Å². The Balaban J connectivity index is 1.48. The number of rotatable bonds is 6. The van der Waals surface area contributed by atoms with Crippen LogP contribution in [0.25, 0.3) is 0 Å². The Kier molecular flexibility index (Phi) is 6.20. The maximum Gasteiger partial charge on any atom is 0.255 e. The highest BCUT2D eigenvalue weighted by Gasteiger charge is 2.47. The second-order valence-corrected chi connectivity index (χ2v) is 8.61. The Hall–Kier alpha value is -2.25. The summed E-state index contributed by atoms with van der Waals surface area (Å²) in [4.78, 5) is 24.5. The first-order valence-corrected chi connectivity index (χ1v) is 11.2. The number of pyridine rings is 1. The molecular weight excluding hydrogens is 378 g/mol. The van der Waals surface area contributed by atoms with Crippen LogP contribution >= 0.6 is 0 Å². The lowest BCUT2D eigenvalue weighted by molar-refractivity contribution is -0.170. The van der Waals surface area contributed by atoms with Crippen LogP contribution in [0, 0.1) is 12.8 Å². The summed E-state index contributed by atoms with van der Waals surface area (Å²) in [5.74, 6) is 1.59. The van der Waals surface area contributed by atoms with E-state index in [2.05, 4.69) is 38.6 Å². The number of hydrogen-bond donors (Lipinski definition) is 1. The van der Waals surface area contributed by atoms with Crippen LogP contribution in [0.5, 0.6) is 0 Å². The molecule has 2 aromatic heterocycles. The fraction of sp³-hybridized carbons (Fsp3) is 0.609. The average molecular weight is 412 g/mol. The molecule has 0 radical (unpaired) electrons. The number of carbonyl (C=O) groups is 1. The van der Waals surface area contributed by atoms with Crippen LogP contribution in [0.1, 0.15) is 51.0 Å². The second kappa shape index (κ2) is 8.86. The topological polar surface area (TPSA) is 72.3 Å². The summed E-state index contributed by atoms with van der Waals surface area (Å²) >= 11 is 0. The smallest absolute Gasteiger partial charge is 0.255 e. The number of anilines is 1. The lowest BCUT2D eigenvalue weighted by Crippen LogP contribution is -2.53. The van der Waals surface area contributed by atoms with E-state index in [-0.39, 0.29) is 5.91 Å².